The van der Waals surface area contributed by atoms with Crippen molar-refractivity contribution < 1.29 is 9.53 Å². The first-order valence-corrected chi connectivity index (χ1v) is 8.08. The summed E-state index contributed by atoms with van der Waals surface area (Å²) in [5.41, 5.74) is 1.37. The van der Waals surface area contributed by atoms with Gasteiger partial charge in [-0.3, -0.25) is 4.90 Å². The van der Waals surface area contributed by atoms with Crippen molar-refractivity contribution in [2.45, 2.75) is 6.23 Å². The van der Waals surface area contributed by atoms with Crippen LogP contribution in [0.3, 0.4) is 0 Å². The average molecular weight is 372 g/mol. The van der Waals surface area contributed by atoms with Gasteiger partial charge in [0.1, 0.15) is 0 Å². The maximum atomic E-state index is 12.5. The Kier molecular flexibility index (Phi) is 4.97. The Labute approximate surface area is 148 Å². The number of rotatable bonds is 2. The monoisotopic (exact) mass is 370 g/mol. The fraction of sp³-hybridized carbons (Fsp3) is 0.188. The van der Waals surface area contributed by atoms with Crippen LogP contribution in [0.25, 0.3) is 0 Å². The highest BCUT2D eigenvalue weighted by Gasteiger charge is 2.32. The molecule has 0 aliphatic carbocycles. The summed E-state index contributed by atoms with van der Waals surface area (Å²) in [4.78, 5) is 14.1. The maximum Gasteiger partial charge on any atom is 0.324 e. The fourth-order valence-corrected chi connectivity index (χ4v) is 2.99. The lowest BCUT2D eigenvalue weighted by molar-refractivity contribution is 0.0523. The van der Waals surface area contributed by atoms with Gasteiger partial charge in [-0.25, -0.2) is 4.79 Å². The molecule has 120 valence electrons. The van der Waals surface area contributed by atoms with Gasteiger partial charge in [0, 0.05) is 32.9 Å². The van der Waals surface area contributed by atoms with Gasteiger partial charge < -0.3 is 10.1 Å². The molecule has 1 aliphatic rings. The quantitative estimate of drug-likeness (QED) is 0.787. The molecular formula is C16H13Cl3N2O2. The normalized spacial score (nSPS) is 17.3. The molecule has 1 N–H and O–H groups in total. The largest absolute Gasteiger partial charge is 0.352 e. The van der Waals surface area contributed by atoms with Gasteiger partial charge in [0.05, 0.1) is 6.61 Å². The zero-order valence-electron chi connectivity index (χ0n) is 11.9. The summed E-state index contributed by atoms with van der Waals surface area (Å²) in [7, 11) is 0. The lowest BCUT2D eigenvalue weighted by Gasteiger charge is -2.24. The Balaban J connectivity index is 1.78. The number of hydrogen-bond donors (Lipinski definition) is 1. The molecule has 2 amide bonds. The number of anilines is 1. The SMILES string of the molecule is O=C(Nc1ccc(Cl)cc1)N1CCOC1c1ccc(Cl)cc1Cl. The average Bonchev–Trinajstić information content (AvgIpc) is 2.99. The number of benzene rings is 2. The smallest absolute Gasteiger partial charge is 0.324 e. The van der Waals surface area contributed by atoms with Crippen molar-refractivity contribution >= 4 is 46.5 Å². The highest BCUT2D eigenvalue weighted by atomic mass is 35.5. The van der Waals surface area contributed by atoms with Gasteiger partial charge in [-0.2, -0.15) is 0 Å². The van der Waals surface area contributed by atoms with E-state index in [-0.39, 0.29) is 6.03 Å². The first-order chi connectivity index (χ1) is 11.0. The van der Waals surface area contributed by atoms with E-state index in [2.05, 4.69) is 5.32 Å². The van der Waals surface area contributed by atoms with Crippen molar-refractivity contribution in [3.05, 3.63) is 63.1 Å². The standard InChI is InChI=1S/C16H13Cl3N2O2/c17-10-1-4-12(5-2-10)20-16(22)21-7-8-23-15(21)13-6-3-11(18)9-14(13)19/h1-6,9,15H,7-8H2,(H,20,22). The van der Waals surface area contributed by atoms with Gasteiger partial charge in [0.25, 0.3) is 0 Å². The van der Waals surface area contributed by atoms with Gasteiger partial charge >= 0.3 is 6.03 Å². The predicted molar refractivity (Wildman–Crippen MR) is 92.3 cm³/mol. The molecule has 1 saturated heterocycles. The third-order valence-electron chi connectivity index (χ3n) is 3.48. The number of nitrogens with zero attached hydrogens (tertiary/aromatic N) is 1. The van der Waals surface area contributed by atoms with Crippen LogP contribution in [0.2, 0.25) is 15.1 Å². The van der Waals surface area contributed by atoms with Crippen molar-refractivity contribution in [1.82, 2.24) is 4.90 Å². The molecule has 1 atom stereocenters. The molecule has 4 nitrogen and oxygen atoms in total. The predicted octanol–water partition coefficient (Wildman–Crippen LogP) is 5.21. The van der Waals surface area contributed by atoms with E-state index in [1.165, 1.54) is 0 Å². The van der Waals surface area contributed by atoms with Crippen LogP contribution in [0.4, 0.5) is 10.5 Å². The lowest BCUT2D eigenvalue weighted by Crippen LogP contribution is -2.35. The highest BCUT2D eigenvalue weighted by molar-refractivity contribution is 6.35. The molecule has 0 saturated carbocycles. The number of carbonyl (C=O) groups is 1. The van der Waals surface area contributed by atoms with Gasteiger partial charge in [0.15, 0.2) is 6.23 Å². The van der Waals surface area contributed by atoms with E-state index in [1.54, 1.807) is 47.4 Å². The molecule has 0 radical (unpaired) electrons. The minimum atomic E-state index is -0.535. The summed E-state index contributed by atoms with van der Waals surface area (Å²) in [6, 6.07) is 11.8. The summed E-state index contributed by atoms with van der Waals surface area (Å²) in [6.07, 6.45) is -0.535. The number of halogens is 3. The van der Waals surface area contributed by atoms with Crippen molar-refractivity contribution in [1.29, 1.82) is 0 Å². The molecule has 2 aromatic carbocycles. The van der Waals surface area contributed by atoms with E-state index >= 15 is 0 Å². The number of carbonyl (C=O) groups excluding carboxylic acids is 1. The summed E-state index contributed by atoms with van der Waals surface area (Å²) in [5.74, 6) is 0. The number of nitrogens with one attached hydrogen (secondary N) is 1. The Morgan fingerprint density at radius 1 is 1.09 bits per heavy atom. The Morgan fingerprint density at radius 2 is 1.78 bits per heavy atom. The van der Waals surface area contributed by atoms with E-state index in [4.69, 9.17) is 39.5 Å². The maximum absolute atomic E-state index is 12.5. The molecule has 3 rings (SSSR count). The summed E-state index contributed by atoms with van der Waals surface area (Å²) in [6.45, 7) is 0.917. The second-order valence-corrected chi connectivity index (χ2v) is 6.30. The van der Waals surface area contributed by atoms with Gasteiger partial charge in [0.2, 0.25) is 0 Å². The molecule has 1 fully saturated rings. The number of hydrogen-bond acceptors (Lipinski definition) is 2. The molecule has 0 aromatic heterocycles. The topological polar surface area (TPSA) is 41.6 Å². The van der Waals surface area contributed by atoms with Crippen LogP contribution >= 0.6 is 34.8 Å². The molecule has 1 aliphatic heterocycles. The Hall–Kier alpha value is -1.46. The van der Waals surface area contributed by atoms with E-state index in [9.17, 15) is 4.79 Å². The third-order valence-corrected chi connectivity index (χ3v) is 4.29. The molecule has 1 heterocycles. The van der Waals surface area contributed by atoms with Crippen molar-refractivity contribution in [3.8, 4) is 0 Å². The number of amides is 2. The van der Waals surface area contributed by atoms with E-state index in [1.807, 2.05) is 0 Å². The minimum Gasteiger partial charge on any atom is -0.352 e. The highest BCUT2D eigenvalue weighted by Crippen LogP contribution is 2.33. The van der Waals surface area contributed by atoms with Crippen LogP contribution in [-0.2, 0) is 4.74 Å². The zero-order valence-corrected chi connectivity index (χ0v) is 14.2. The summed E-state index contributed by atoms with van der Waals surface area (Å²) in [5, 5.41) is 4.43. The van der Waals surface area contributed by atoms with Crippen LogP contribution in [-0.4, -0.2) is 24.1 Å². The van der Waals surface area contributed by atoms with Gasteiger partial charge in [-0.05, 0) is 36.4 Å². The van der Waals surface area contributed by atoms with Crippen LogP contribution in [0.1, 0.15) is 11.8 Å². The van der Waals surface area contributed by atoms with Gasteiger partial charge in [-0.1, -0.05) is 40.9 Å². The van der Waals surface area contributed by atoms with Crippen LogP contribution in [0.5, 0.6) is 0 Å². The van der Waals surface area contributed by atoms with Crippen LogP contribution in [0, 0.1) is 0 Å². The molecule has 0 bridgehead atoms. The second kappa shape index (κ2) is 6.97. The molecule has 2 aromatic rings. The Morgan fingerprint density at radius 3 is 2.48 bits per heavy atom. The van der Waals surface area contributed by atoms with E-state index < -0.39 is 6.23 Å². The van der Waals surface area contributed by atoms with Crippen molar-refractivity contribution in [3.63, 3.8) is 0 Å². The third kappa shape index (κ3) is 3.72. The zero-order chi connectivity index (χ0) is 16.4. The van der Waals surface area contributed by atoms with Gasteiger partial charge in [-0.15, -0.1) is 0 Å². The molecule has 7 heteroatoms. The molecule has 23 heavy (non-hydrogen) atoms. The van der Waals surface area contributed by atoms with Crippen molar-refractivity contribution in [2.75, 3.05) is 18.5 Å². The molecular weight excluding hydrogens is 359 g/mol. The molecule has 1 unspecified atom stereocenters. The number of urea groups is 1. The van der Waals surface area contributed by atoms with Crippen LogP contribution in [0.15, 0.2) is 42.5 Å². The van der Waals surface area contributed by atoms with Crippen LogP contribution < -0.4 is 5.32 Å². The lowest BCUT2D eigenvalue weighted by atomic mass is 10.2. The summed E-state index contributed by atoms with van der Waals surface area (Å²) < 4.78 is 5.67. The number of ether oxygens (including phenoxy) is 1. The molecule has 0 spiro atoms. The minimum absolute atomic E-state index is 0.263. The first-order valence-electron chi connectivity index (χ1n) is 6.94. The summed E-state index contributed by atoms with van der Waals surface area (Å²) >= 11 is 18.0. The van der Waals surface area contributed by atoms with E-state index in [0.717, 1.165) is 0 Å². The first kappa shape index (κ1) is 16.4. The second-order valence-electron chi connectivity index (χ2n) is 5.02. The Bertz CT molecular complexity index is 722. The fourth-order valence-electron chi connectivity index (χ4n) is 2.37. The van der Waals surface area contributed by atoms with E-state index in [0.29, 0.717) is 39.5 Å². The van der Waals surface area contributed by atoms with Crippen molar-refractivity contribution in [2.24, 2.45) is 0 Å².